The zero-order chi connectivity index (χ0) is 22.2. The van der Waals surface area contributed by atoms with Crippen molar-refractivity contribution in [2.24, 2.45) is 0 Å². The van der Waals surface area contributed by atoms with Crippen LogP contribution < -0.4 is 10.2 Å². The number of hydrogen-bond acceptors (Lipinski definition) is 5. The van der Waals surface area contributed by atoms with Gasteiger partial charge in [0.25, 0.3) is 11.6 Å². The molecule has 0 heterocycles. The van der Waals surface area contributed by atoms with Crippen LogP contribution in [0.3, 0.4) is 0 Å². The molecule has 0 unspecified atom stereocenters. The van der Waals surface area contributed by atoms with Gasteiger partial charge in [-0.3, -0.25) is 14.9 Å². The maximum absolute atomic E-state index is 12.5. The van der Waals surface area contributed by atoms with Crippen molar-refractivity contribution in [3.8, 4) is 0 Å². The maximum Gasteiger partial charge on any atom is 0.292 e. The molecule has 0 aliphatic heterocycles. The van der Waals surface area contributed by atoms with E-state index in [1.165, 1.54) is 6.07 Å². The van der Waals surface area contributed by atoms with Crippen molar-refractivity contribution < 1.29 is 9.72 Å². The van der Waals surface area contributed by atoms with Crippen molar-refractivity contribution >= 4 is 23.0 Å². The average molecular weight is 418 g/mol. The second-order valence-electron chi connectivity index (χ2n) is 7.31. The van der Waals surface area contributed by atoms with Gasteiger partial charge >= 0.3 is 0 Å². The van der Waals surface area contributed by atoms with Crippen LogP contribution >= 0.6 is 0 Å². The molecule has 160 valence electrons. The summed E-state index contributed by atoms with van der Waals surface area (Å²) in [5.74, 6) is -0.0390. The highest BCUT2D eigenvalue weighted by Gasteiger charge is 2.16. The van der Waals surface area contributed by atoms with E-state index in [-0.39, 0.29) is 16.5 Å². The number of rotatable bonds is 9. The predicted octanol–water partition coefficient (Wildman–Crippen LogP) is 4.42. The lowest BCUT2D eigenvalue weighted by molar-refractivity contribution is -0.384. The van der Waals surface area contributed by atoms with Crippen LogP contribution in [-0.2, 0) is 6.54 Å². The van der Waals surface area contributed by atoms with E-state index in [1.807, 2.05) is 60.5 Å². The van der Waals surface area contributed by atoms with Crippen molar-refractivity contribution in [3.63, 3.8) is 0 Å². The minimum Gasteiger partial charge on any atom is -0.375 e. The summed E-state index contributed by atoms with van der Waals surface area (Å²) in [5.41, 5.74) is 3.02. The molecular weight excluding hydrogens is 392 g/mol. The van der Waals surface area contributed by atoms with Crippen LogP contribution in [0.25, 0.3) is 0 Å². The molecule has 0 aromatic heterocycles. The number of nitro groups is 1. The van der Waals surface area contributed by atoms with Crippen LogP contribution in [0.5, 0.6) is 0 Å². The predicted molar refractivity (Wildman–Crippen MR) is 124 cm³/mol. The maximum atomic E-state index is 12.5. The van der Waals surface area contributed by atoms with Gasteiger partial charge in [0.1, 0.15) is 5.69 Å². The zero-order valence-electron chi connectivity index (χ0n) is 17.7. The van der Waals surface area contributed by atoms with Crippen LogP contribution in [0.2, 0.25) is 0 Å². The van der Waals surface area contributed by atoms with Gasteiger partial charge in [-0.15, -0.1) is 0 Å². The summed E-state index contributed by atoms with van der Waals surface area (Å²) in [7, 11) is 3.68. The topological polar surface area (TPSA) is 78.7 Å². The van der Waals surface area contributed by atoms with E-state index in [4.69, 9.17) is 0 Å². The normalized spacial score (nSPS) is 10.4. The Labute approximate surface area is 182 Å². The van der Waals surface area contributed by atoms with Crippen molar-refractivity contribution in [1.29, 1.82) is 0 Å². The first-order valence-electron chi connectivity index (χ1n) is 10.0. The van der Waals surface area contributed by atoms with Gasteiger partial charge in [0.2, 0.25) is 0 Å². The number of benzene rings is 3. The smallest absolute Gasteiger partial charge is 0.292 e. The number of carbonyl (C=O) groups excluding carboxylic acids is 1. The van der Waals surface area contributed by atoms with Gasteiger partial charge in [-0.05, 0) is 29.8 Å². The Balaban J connectivity index is 1.66. The second-order valence-corrected chi connectivity index (χ2v) is 7.31. The fourth-order valence-corrected chi connectivity index (χ4v) is 3.19. The van der Waals surface area contributed by atoms with Crippen LogP contribution in [0.1, 0.15) is 15.9 Å². The van der Waals surface area contributed by atoms with E-state index in [0.717, 1.165) is 11.3 Å². The Morgan fingerprint density at radius 3 is 2.23 bits per heavy atom. The third-order valence-corrected chi connectivity index (χ3v) is 5.08. The van der Waals surface area contributed by atoms with E-state index in [1.54, 1.807) is 36.2 Å². The number of nitrogens with zero attached hydrogens (tertiary/aromatic N) is 3. The molecule has 3 rings (SSSR count). The number of nitro benzene ring substituents is 1. The van der Waals surface area contributed by atoms with Gasteiger partial charge in [0, 0.05) is 51.0 Å². The minimum absolute atomic E-state index is 0.0319. The third kappa shape index (κ3) is 5.82. The van der Waals surface area contributed by atoms with Gasteiger partial charge in [-0.25, -0.2) is 0 Å². The van der Waals surface area contributed by atoms with Gasteiger partial charge in [-0.2, -0.15) is 0 Å². The Kier molecular flexibility index (Phi) is 7.22. The molecule has 0 saturated carbocycles. The molecule has 0 atom stereocenters. The highest BCUT2D eigenvalue weighted by Crippen LogP contribution is 2.29. The van der Waals surface area contributed by atoms with Gasteiger partial charge in [0.15, 0.2) is 0 Å². The van der Waals surface area contributed by atoms with Crippen LogP contribution in [0.15, 0.2) is 78.9 Å². The molecule has 0 spiro atoms. The molecule has 1 N–H and O–H groups in total. The number of hydrogen-bond donors (Lipinski definition) is 1. The van der Waals surface area contributed by atoms with Crippen molar-refractivity contribution in [2.75, 3.05) is 37.4 Å². The molecule has 3 aromatic carbocycles. The highest BCUT2D eigenvalue weighted by atomic mass is 16.6. The van der Waals surface area contributed by atoms with Crippen LogP contribution in [0, 0.1) is 10.1 Å². The summed E-state index contributed by atoms with van der Waals surface area (Å²) in [6.07, 6.45) is 0. The number of nitrogens with one attached hydrogen (secondary N) is 1. The van der Waals surface area contributed by atoms with E-state index in [9.17, 15) is 14.9 Å². The molecule has 0 saturated heterocycles. The van der Waals surface area contributed by atoms with Gasteiger partial charge < -0.3 is 15.1 Å². The van der Waals surface area contributed by atoms with Gasteiger partial charge in [0.05, 0.1) is 4.92 Å². The van der Waals surface area contributed by atoms with E-state index in [2.05, 4.69) is 5.32 Å². The summed E-state index contributed by atoms with van der Waals surface area (Å²) in [5, 5.41) is 14.6. The fourth-order valence-electron chi connectivity index (χ4n) is 3.19. The summed E-state index contributed by atoms with van der Waals surface area (Å²) >= 11 is 0. The monoisotopic (exact) mass is 418 g/mol. The molecule has 0 aliphatic carbocycles. The minimum atomic E-state index is -0.386. The largest absolute Gasteiger partial charge is 0.375 e. The fraction of sp³-hybridized carbons (Fsp3) is 0.208. The molecule has 7 nitrogen and oxygen atoms in total. The molecule has 7 heteroatoms. The number of anilines is 2. The molecule has 0 aliphatic rings. The third-order valence-electron chi connectivity index (χ3n) is 5.08. The molecule has 31 heavy (non-hydrogen) atoms. The summed E-state index contributed by atoms with van der Waals surface area (Å²) < 4.78 is 0. The number of carbonyl (C=O) groups is 1. The first-order chi connectivity index (χ1) is 15.0. The van der Waals surface area contributed by atoms with Crippen molar-refractivity contribution in [2.45, 2.75) is 6.54 Å². The van der Waals surface area contributed by atoms with Crippen molar-refractivity contribution in [1.82, 2.24) is 4.90 Å². The lowest BCUT2D eigenvalue weighted by atomic mass is 10.2. The lowest BCUT2D eigenvalue weighted by Gasteiger charge is -2.24. The first-order valence-corrected chi connectivity index (χ1v) is 10.0. The molecule has 0 bridgehead atoms. The van der Waals surface area contributed by atoms with Crippen molar-refractivity contribution in [3.05, 3.63) is 100 Å². The molecular formula is C24H26N4O3. The second kappa shape index (κ2) is 10.2. The van der Waals surface area contributed by atoms with E-state index in [0.29, 0.717) is 30.9 Å². The average Bonchev–Trinajstić information content (AvgIpc) is 2.81. The lowest BCUT2D eigenvalue weighted by Crippen LogP contribution is -2.34. The number of likely N-dealkylation sites (N-methyl/N-ethyl adjacent to an activating group) is 2. The quantitative estimate of drug-likeness (QED) is 0.411. The molecule has 3 aromatic rings. The SMILES string of the molecule is CN(CCN(C)c1ccc([N+](=O)[O-])c(NCc2ccccc2)c1)C(=O)c1ccccc1. The van der Waals surface area contributed by atoms with E-state index >= 15 is 0 Å². The number of amides is 1. The summed E-state index contributed by atoms with van der Waals surface area (Å²) in [6.45, 7) is 1.60. The summed E-state index contributed by atoms with van der Waals surface area (Å²) in [6, 6.07) is 23.9. The van der Waals surface area contributed by atoms with Gasteiger partial charge in [-0.1, -0.05) is 48.5 Å². The molecule has 1 amide bonds. The van der Waals surface area contributed by atoms with Crippen LogP contribution in [0.4, 0.5) is 17.1 Å². The Hall–Kier alpha value is -3.87. The molecule has 0 radical (unpaired) electrons. The first kappa shape index (κ1) is 21.8. The Morgan fingerprint density at radius 1 is 0.935 bits per heavy atom. The Bertz CT molecular complexity index is 1030. The zero-order valence-corrected chi connectivity index (χ0v) is 17.7. The Morgan fingerprint density at radius 2 is 1.58 bits per heavy atom. The van der Waals surface area contributed by atoms with E-state index < -0.39 is 0 Å². The molecule has 0 fully saturated rings. The standard InChI is InChI=1S/C24H26N4O3/c1-26(15-16-27(2)24(29)20-11-7-4-8-12-20)21-13-14-23(28(30)31)22(17-21)25-18-19-9-5-3-6-10-19/h3-14,17,25H,15-16,18H2,1-2H3. The van der Waals surface area contributed by atoms with Crippen LogP contribution in [-0.4, -0.2) is 42.9 Å². The summed E-state index contributed by atoms with van der Waals surface area (Å²) in [4.78, 5) is 27.2. The highest BCUT2D eigenvalue weighted by molar-refractivity contribution is 5.94.